The minimum atomic E-state index is -0.514. The summed E-state index contributed by atoms with van der Waals surface area (Å²) in [5, 5.41) is 8.16. The van der Waals surface area contributed by atoms with Crippen LogP contribution in [0, 0.1) is 0 Å². The second-order valence-corrected chi connectivity index (χ2v) is 6.90. The average molecular weight is 388 g/mol. The monoisotopic (exact) mass is 388 g/mol. The number of carbonyl (C=O) groups is 1. The van der Waals surface area contributed by atoms with Crippen LogP contribution in [0.15, 0.2) is 34.0 Å². The van der Waals surface area contributed by atoms with Gasteiger partial charge in [0, 0.05) is 51.9 Å². The van der Waals surface area contributed by atoms with Gasteiger partial charge in [-0.2, -0.15) is 0 Å². The van der Waals surface area contributed by atoms with Crippen LogP contribution in [0.1, 0.15) is 19.3 Å². The van der Waals surface area contributed by atoms with Crippen molar-refractivity contribution in [1.29, 1.82) is 0 Å². The lowest BCUT2D eigenvalue weighted by molar-refractivity contribution is -0.134. The summed E-state index contributed by atoms with van der Waals surface area (Å²) in [6, 6.07) is 4.86. The number of nitrogens with one attached hydrogen (secondary N) is 1. The predicted octanol–water partition coefficient (Wildman–Crippen LogP) is -0.147. The van der Waals surface area contributed by atoms with Gasteiger partial charge in [-0.3, -0.25) is 14.6 Å². The van der Waals surface area contributed by atoms with Gasteiger partial charge in [-0.25, -0.2) is 4.79 Å². The van der Waals surface area contributed by atoms with Crippen LogP contribution in [-0.2, 0) is 11.3 Å². The lowest BCUT2D eigenvalue weighted by atomic mass is 10.1. The molecule has 10 heteroatoms. The van der Waals surface area contributed by atoms with Crippen LogP contribution in [-0.4, -0.2) is 63.8 Å². The van der Waals surface area contributed by atoms with Crippen molar-refractivity contribution in [3.8, 4) is 5.88 Å². The fraction of sp³-hybridized carbons (Fsp3) is 0.500. The number of hydrogen-bond donors (Lipinski definition) is 1. The van der Waals surface area contributed by atoms with Gasteiger partial charge >= 0.3 is 5.69 Å². The normalized spacial score (nSPS) is 16.6. The van der Waals surface area contributed by atoms with Crippen molar-refractivity contribution in [3.63, 3.8) is 0 Å². The van der Waals surface area contributed by atoms with E-state index in [4.69, 9.17) is 4.74 Å². The molecule has 2 aromatic rings. The second-order valence-electron chi connectivity index (χ2n) is 6.90. The summed E-state index contributed by atoms with van der Waals surface area (Å²) in [4.78, 5) is 41.1. The molecule has 0 bridgehead atoms. The van der Waals surface area contributed by atoms with Gasteiger partial charge in [0.1, 0.15) is 6.10 Å². The zero-order valence-electron chi connectivity index (χ0n) is 16.0. The molecule has 3 rings (SSSR count). The third kappa shape index (κ3) is 4.96. The number of H-pyrrole nitrogens is 1. The molecule has 0 aliphatic carbocycles. The van der Waals surface area contributed by atoms with E-state index in [1.54, 1.807) is 11.0 Å². The van der Waals surface area contributed by atoms with E-state index in [1.807, 2.05) is 25.1 Å². The Hall–Kier alpha value is -3.17. The number of likely N-dealkylation sites (tertiary alicyclic amines) is 1. The first-order valence-corrected chi connectivity index (χ1v) is 9.17. The Bertz CT molecular complexity index is 921. The Labute approximate surface area is 161 Å². The summed E-state index contributed by atoms with van der Waals surface area (Å²) in [5.41, 5.74) is -0.967. The Kier molecular flexibility index (Phi) is 6.07. The van der Waals surface area contributed by atoms with Crippen LogP contribution in [0.5, 0.6) is 5.88 Å². The number of aryl methyl sites for hydroxylation is 1. The van der Waals surface area contributed by atoms with Crippen molar-refractivity contribution in [2.75, 3.05) is 32.1 Å². The minimum Gasteiger partial charge on any atom is -0.471 e. The molecule has 1 amide bonds. The van der Waals surface area contributed by atoms with Crippen molar-refractivity contribution in [2.45, 2.75) is 31.9 Å². The average Bonchev–Trinajstić information content (AvgIpc) is 2.68. The number of piperidine rings is 1. The molecule has 2 aromatic heterocycles. The molecule has 1 unspecified atom stereocenters. The topological polar surface area (TPSA) is 113 Å². The summed E-state index contributed by atoms with van der Waals surface area (Å²) >= 11 is 0. The lowest BCUT2D eigenvalue weighted by Crippen LogP contribution is -2.45. The highest BCUT2D eigenvalue weighted by Crippen LogP contribution is 2.18. The SMILES string of the molecule is CN(C)c1ccc(OC2CCCN(C(=O)CCn3ccc(=O)[nH]c3=O)C2)nn1. The molecule has 0 aromatic carbocycles. The first kappa shape index (κ1) is 19.6. The number of aromatic amines is 1. The zero-order chi connectivity index (χ0) is 20.1. The maximum atomic E-state index is 12.5. The molecule has 1 fully saturated rings. The third-order valence-corrected chi connectivity index (χ3v) is 4.57. The standard InChI is InChI=1S/C18H24N6O4/c1-22(2)14-5-6-16(21-20-14)28-13-4-3-9-24(12-13)17(26)8-11-23-10-7-15(25)19-18(23)27/h5-7,10,13H,3-4,8-9,11-12H2,1-2H3,(H,19,25,27). The molecule has 150 valence electrons. The van der Waals surface area contributed by atoms with Crippen LogP contribution >= 0.6 is 0 Å². The number of carbonyl (C=O) groups excluding carboxylic acids is 1. The molecule has 3 heterocycles. The molecular formula is C18H24N6O4. The maximum Gasteiger partial charge on any atom is 0.328 e. The highest BCUT2D eigenvalue weighted by molar-refractivity contribution is 5.76. The smallest absolute Gasteiger partial charge is 0.328 e. The van der Waals surface area contributed by atoms with Gasteiger partial charge in [-0.1, -0.05) is 0 Å². The predicted molar refractivity (Wildman–Crippen MR) is 103 cm³/mol. The summed E-state index contributed by atoms with van der Waals surface area (Å²) < 4.78 is 7.20. The fourth-order valence-corrected chi connectivity index (χ4v) is 3.04. The molecule has 1 saturated heterocycles. The highest BCUT2D eigenvalue weighted by Gasteiger charge is 2.25. The number of anilines is 1. The van der Waals surface area contributed by atoms with E-state index in [-0.39, 0.29) is 25.0 Å². The molecule has 10 nitrogen and oxygen atoms in total. The number of nitrogens with zero attached hydrogens (tertiary/aromatic N) is 5. The lowest BCUT2D eigenvalue weighted by Gasteiger charge is -2.32. The molecule has 1 aliphatic rings. The molecule has 28 heavy (non-hydrogen) atoms. The fourth-order valence-electron chi connectivity index (χ4n) is 3.04. The van der Waals surface area contributed by atoms with E-state index in [9.17, 15) is 14.4 Å². The van der Waals surface area contributed by atoms with E-state index in [0.29, 0.717) is 19.0 Å². The molecule has 0 spiro atoms. The first-order valence-electron chi connectivity index (χ1n) is 9.17. The summed E-state index contributed by atoms with van der Waals surface area (Å²) in [5.74, 6) is 1.12. The van der Waals surface area contributed by atoms with E-state index < -0.39 is 11.2 Å². The van der Waals surface area contributed by atoms with Crippen molar-refractivity contribution in [2.24, 2.45) is 0 Å². The van der Waals surface area contributed by atoms with E-state index >= 15 is 0 Å². The van der Waals surface area contributed by atoms with Crippen molar-refractivity contribution in [3.05, 3.63) is 45.2 Å². The summed E-state index contributed by atoms with van der Waals surface area (Å²) in [6.07, 6.45) is 3.09. The largest absolute Gasteiger partial charge is 0.471 e. The molecular weight excluding hydrogens is 364 g/mol. The van der Waals surface area contributed by atoms with Gasteiger partial charge in [0.2, 0.25) is 11.8 Å². The van der Waals surface area contributed by atoms with Gasteiger partial charge < -0.3 is 19.1 Å². The minimum absolute atomic E-state index is 0.0551. The van der Waals surface area contributed by atoms with Crippen LogP contribution in [0.3, 0.4) is 0 Å². The van der Waals surface area contributed by atoms with Crippen LogP contribution in [0.4, 0.5) is 5.82 Å². The van der Waals surface area contributed by atoms with Gasteiger partial charge in [0.15, 0.2) is 5.82 Å². The number of rotatable bonds is 6. The Morgan fingerprint density at radius 1 is 1.29 bits per heavy atom. The van der Waals surface area contributed by atoms with E-state index in [2.05, 4.69) is 15.2 Å². The van der Waals surface area contributed by atoms with Gasteiger partial charge in [0.25, 0.3) is 5.56 Å². The van der Waals surface area contributed by atoms with E-state index in [1.165, 1.54) is 16.8 Å². The summed E-state index contributed by atoms with van der Waals surface area (Å²) in [7, 11) is 3.77. The Morgan fingerprint density at radius 3 is 2.79 bits per heavy atom. The van der Waals surface area contributed by atoms with Gasteiger partial charge in [0.05, 0.1) is 6.54 Å². The second kappa shape index (κ2) is 8.68. The molecule has 1 atom stereocenters. The number of aromatic nitrogens is 4. The Balaban J connectivity index is 1.54. The number of amides is 1. The van der Waals surface area contributed by atoms with Crippen LogP contribution in [0.2, 0.25) is 0 Å². The molecule has 0 radical (unpaired) electrons. The summed E-state index contributed by atoms with van der Waals surface area (Å²) in [6.45, 7) is 1.34. The molecule has 1 aliphatic heterocycles. The zero-order valence-corrected chi connectivity index (χ0v) is 16.0. The quantitative estimate of drug-likeness (QED) is 0.732. The highest BCUT2D eigenvalue weighted by atomic mass is 16.5. The van der Waals surface area contributed by atoms with Gasteiger partial charge in [-0.15, -0.1) is 10.2 Å². The van der Waals surface area contributed by atoms with Crippen molar-refractivity contribution in [1.82, 2.24) is 24.6 Å². The van der Waals surface area contributed by atoms with E-state index in [0.717, 1.165) is 18.7 Å². The van der Waals surface area contributed by atoms with Crippen molar-refractivity contribution >= 4 is 11.7 Å². The first-order chi connectivity index (χ1) is 13.4. The molecule has 0 saturated carbocycles. The Morgan fingerprint density at radius 2 is 2.11 bits per heavy atom. The van der Waals surface area contributed by atoms with Crippen LogP contribution < -0.4 is 20.9 Å². The molecule has 1 N–H and O–H groups in total. The maximum absolute atomic E-state index is 12.5. The van der Waals surface area contributed by atoms with Crippen LogP contribution in [0.25, 0.3) is 0 Å². The van der Waals surface area contributed by atoms with Crippen molar-refractivity contribution < 1.29 is 9.53 Å². The third-order valence-electron chi connectivity index (χ3n) is 4.57. The number of hydrogen-bond acceptors (Lipinski definition) is 7. The van der Waals surface area contributed by atoms with Gasteiger partial charge in [-0.05, 0) is 18.9 Å². The number of ether oxygens (including phenoxy) is 1.